The molecule has 0 bridgehead atoms. The average molecular weight is 481 g/mol. The van der Waals surface area contributed by atoms with Gasteiger partial charge in [-0.05, 0) is 17.7 Å². The number of urea groups is 1. The second kappa shape index (κ2) is 10.7. The van der Waals surface area contributed by atoms with Crippen LogP contribution in [0.4, 0.5) is 19.1 Å². The van der Waals surface area contributed by atoms with Crippen LogP contribution >= 0.6 is 22.9 Å². The van der Waals surface area contributed by atoms with Crippen molar-refractivity contribution in [3.8, 4) is 11.6 Å². The van der Waals surface area contributed by atoms with Crippen molar-refractivity contribution in [3.63, 3.8) is 0 Å². The molecule has 2 aromatic heterocycles. The summed E-state index contributed by atoms with van der Waals surface area (Å²) < 4.78 is 23.3. The van der Waals surface area contributed by atoms with Crippen molar-refractivity contribution >= 4 is 40.2 Å². The van der Waals surface area contributed by atoms with Crippen molar-refractivity contribution < 1.29 is 23.5 Å². The smallest absolute Gasteiger partial charge is 0.415 e. The van der Waals surface area contributed by atoms with Crippen LogP contribution in [0.3, 0.4) is 0 Å². The lowest BCUT2D eigenvalue weighted by Gasteiger charge is -2.15. The van der Waals surface area contributed by atoms with Crippen molar-refractivity contribution in [2.45, 2.75) is 13.1 Å². The minimum Gasteiger partial charge on any atom is -0.480 e. The highest BCUT2D eigenvalue weighted by Gasteiger charge is 2.17. The topological polar surface area (TPSA) is 119 Å². The number of carbonyl (C=O) groups is 2. The molecule has 1 aromatic carbocycles. The first-order valence-electron chi connectivity index (χ1n) is 9.08. The fourth-order valence-corrected chi connectivity index (χ4v) is 3.23. The van der Waals surface area contributed by atoms with E-state index >= 15 is 0 Å². The molecule has 3 amide bonds. The zero-order chi connectivity index (χ0) is 23.1. The Morgan fingerprint density at radius 3 is 2.84 bits per heavy atom. The number of methoxy groups -OCH3 is 1. The fraction of sp³-hybridized carbons (Fsp3) is 0.211. The number of nitrogens with zero attached hydrogens (tertiary/aromatic N) is 4. The zero-order valence-electron chi connectivity index (χ0n) is 17.0. The first-order chi connectivity index (χ1) is 15.3. The molecular weight excluding hydrogens is 463 g/mol. The number of benzene rings is 1. The van der Waals surface area contributed by atoms with Gasteiger partial charge >= 0.3 is 12.1 Å². The number of ether oxygens (including phenoxy) is 2. The number of halogens is 2. The van der Waals surface area contributed by atoms with E-state index in [4.69, 9.17) is 21.1 Å². The number of amides is 3. The highest BCUT2D eigenvalue weighted by molar-refractivity contribution is 7.13. The van der Waals surface area contributed by atoms with Gasteiger partial charge in [-0.3, -0.25) is 5.32 Å². The highest BCUT2D eigenvalue weighted by atomic mass is 35.5. The molecule has 0 atom stereocenters. The summed E-state index contributed by atoms with van der Waals surface area (Å²) in [6.45, 7) is 0.281. The molecule has 2 heterocycles. The van der Waals surface area contributed by atoms with E-state index in [-0.39, 0.29) is 35.7 Å². The molecule has 0 aliphatic heterocycles. The third-order valence-corrected chi connectivity index (χ3v) is 4.99. The number of nitrogens with one attached hydrogen (secondary N) is 2. The van der Waals surface area contributed by atoms with Gasteiger partial charge in [-0.2, -0.15) is 0 Å². The fourth-order valence-electron chi connectivity index (χ4n) is 2.40. The van der Waals surface area contributed by atoms with Crippen molar-refractivity contribution in [1.29, 1.82) is 0 Å². The average Bonchev–Trinajstić information content (AvgIpc) is 3.20. The summed E-state index contributed by atoms with van der Waals surface area (Å²) in [5.74, 6) is -0.227. The van der Waals surface area contributed by atoms with E-state index in [0.717, 1.165) is 0 Å². The number of thiazole rings is 1. The van der Waals surface area contributed by atoms with Crippen LogP contribution in [0.15, 0.2) is 35.7 Å². The van der Waals surface area contributed by atoms with Gasteiger partial charge in [0.1, 0.15) is 5.82 Å². The van der Waals surface area contributed by atoms with Crippen molar-refractivity contribution in [2.75, 3.05) is 19.5 Å². The molecule has 168 valence electrons. The maximum Gasteiger partial charge on any atom is 0.415 e. The molecule has 3 rings (SSSR count). The van der Waals surface area contributed by atoms with Gasteiger partial charge < -0.3 is 19.7 Å². The van der Waals surface area contributed by atoms with Gasteiger partial charge in [0.2, 0.25) is 5.88 Å². The second-order valence-electron chi connectivity index (χ2n) is 6.35. The summed E-state index contributed by atoms with van der Waals surface area (Å²) in [6.07, 6.45) is -0.697. The lowest BCUT2D eigenvalue weighted by atomic mass is 10.2. The highest BCUT2D eigenvalue weighted by Crippen LogP contribution is 2.25. The Morgan fingerprint density at radius 2 is 2.09 bits per heavy atom. The largest absolute Gasteiger partial charge is 0.480 e. The van der Waals surface area contributed by atoms with Crippen molar-refractivity contribution in [1.82, 2.24) is 25.4 Å². The molecule has 0 fully saturated rings. The van der Waals surface area contributed by atoms with Gasteiger partial charge in [-0.25, -0.2) is 19.0 Å². The van der Waals surface area contributed by atoms with Crippen molar-refractivity contribution in [3.05, 3.63) is 57.9 Å². The van der Waals surface area contributed by atoms with E-state index in [1.807, 2.05) is 0 Å². The predicted molar refractivity (Wildman–Crippen MR) is 115 cm³/mol. The van der Waals surface area contributed by atoms with Gasteiger partial charge in [0, 0.05) is 25.0 Å². The molecule has 0 aliphatic carbocycles. The quantitative estimate of drug-likeness (QED) is 0.529. The molecule has 0 aliphatic rings. The SMILES string of the molecule is COc1cc(OC(=O)N(C)Cc2csc(NC(=O)NCc3cccc(F)c3)n2)c(Cl)nn1. The maximum atomic E-state index is 13.2. The summed E-state index contributed by atoms with van der Waals surface area (Å²) in [5, 5.41) is 14.4. The van der Waals surface area contributed by atoms with Crippen LogP contribution in [0.2, 0.25) is 5.15 Å². The molecular formula is C19H18ClFN6O4S. The van der Waals surface area contributed by atoms with E-state index < -0.39 is 12.1 Å². The predicted octanol–water partition coefficient (Wildman–Crippen LogP) is 3.69. The Balaban J connectivity index is 1.50. The lowest BCUT2D eigenvalue weighted by molar-refractivity contribution is 0.160. The number of rotatable bonds is 7. The Morgan fingerprint density at radius 1 is 1.28 bits per heavy atom. The molecule has 0 spiro atoms. The van der Waals surface area contributed by atoms with Crippen molar-refractivity contribution in [2.24, 2.45) is 0 Å². The van der Waals surface area contributed by atoms with Gasteiger partial charge in [-0.1, -0.05) is 23.7 Å². The van der Waals surface area contributed by atoms with Crippen LogP contribution < -0.4 is 20.1 Å². The third-order valence-electron chi connectivity index (χ3n) is 3.93. The van der Waals surface area contributed by atoms with E-state index in [1.54, 1.807) is 17.5 Å². The third kappa shape index (κ3) is 6.49. The first-order valence-corrected chi connectivity index (χ1v) is 10.3. The van der Waals surface area contributed by atoms with Crippen LogP contribution in [0.25, 0.3) is 0 Å². The molecule has 0 saturated carbocycles. The summed E-state index contributed by atoms with van der Waals surface area (Å²) in [6, 6.07) is 6.78. The number of hydrogen-bond acceptors (Lipinski definition) is 8. The van der Waals surface area contributed by atoms with Gasteiger partial charge in [0.25, 0.3) is 0 Å². The molecule has 32 heavy (non-hydrogen) atoms. The van der Waals surface area contributed by atoms with Crippen LogP contribution in [0, 0.1) is 5.82 Å². The number of hydrogen-bond donors (Lipinski definition) is 2. The Kier molecular flexibility index (Phi) is 7.73. The van der Waals surface area contributed by atoms with Crippen LogP contribution in [-0.2, 0) is 13.1 Å². The van der Waals surface area contributed by atoms with E-state index in [1.165, 1.54) is 48.6 Å². The molecule has 0 radical (unpaired) electrons. The molecule has 3 aromatic rings. The Bertz CT molecular complexity index is 1110. The second-order valence-corrected chi connectivity index (χ2v) is 7.56. The summed E-state index contributed by atoms with van der Waals surface area (Å²) in [4.78, 5) is 29.9. The lowest BCUT2D eigenvalue weighted by Crippen LogP contribution is -2.30. The number of aromatic nitrogens is 3. The van der Waals surface area contributed by atoms with Gasteiger partial charge in [-0.15, -0.1) is 21.5 Å². The Hall–Kier alpha value is -3.51. The Labute approximate surface area is 191 Å². The summed E-state index contributed by atoms with van der Waals surface area (Å²) >= 11 is 7.08. The van der Waals surface area contributed by atoms with Gasteiger partial charge in [0.15, 0.2) is 16.0 Å². The van der Waals surface area contributed by atoms with E-state index in [0.29, 0.717) is 16.4 Å². The molecule has 0 saturated heterocycles. The van der Waals surface area contributed by atoms with Crippen LogP contribution in [0.1, 0.15) is 11.3 Å². The first kappa shape index (κ1) is 23.2. The number of anilines is 1. The normalized spacial score (nSPS) is 10.4. The summed E-state index contributed by atoms with van der Waals surface area (Å²) in [5.41, 5.74) is 1.16. The molecule has 2 N–H and O–H groups in total. The standard InChI is InChI=1S/C19H18ClFN6O4S/c1-27(19(29)31-14-7-15(30-2)25-26-16(14)20)9-13-10-32-18(23-13)24-17(28)22-8-11-4-3-5-12(21)6-11/h3-7,10H,8-9H2,1-2H3,(H2,22,23,24,28). The van der Waals surface area contributed by atoms with E-state index in [9.17, 15) is 14.0 Å². The van der Waals surface area contributed by atoms with Crippen LogP contribution in [-0.4, -0.2) is 46.4 Å². The monoisotopic (exact) mass is 480 g/mol. The van der Waals surface area contributed by atoms with Gasteiger partial charge in [0.05, 0.1) is 19.3 Å². The minimum atomic E-state index is -0.697. The van der Waals surface area contributed by atoms with E-state index in [2.05, 4.69) is 25.8 Å². The maximum absolute atomic E-state index is 13.2. The minimum absolute atomic E-state index is 0.00553. The summed E-state index contributed by atoms with van der Waals surface area (Å²) in [7, 11) is 2.91. The zero-order valence-corrected chi connectivity index (χ0v) is 18.5. The number of carbonyl (C=O) groups excluding carboxylic acids is 2. The molecule has 0 unspecified atom stereocenters. The van der Waals surface area contributed by atoms with Crippen LogP contribution in [0.5, 0.6) is 11.6 Å². The molecule has 10 nitrogen and oxygen atoms in total. The molecule has 13 heteroatoms.